The molecule has 0 saturated heterocycles. The molecule has 108 valence electrons. The van der Waals surface area contributed by atoms with E-state index in [0.29, 0.717) is 13.0 Å². The number of nitrogens with zero attached hydrogens (tertiary/aromatic N) is 2. The van der Waals surface area contributed by atoms with Gasteiger partial charge in [0.05, 0.1) is 18.3 Å². The Morgan fingerprint density at radius 1 is 1.60 bits per heavy atom. The molecule has 0 spiro atoms. The number of imidazole rings is 1. The van der Waals surface area contributed by atoms with Crippen molar-refractivity contribution >= 4 is 23.3 Å². The van der Waals surface area contributed by atoms with E-state index in [1.165, 1.54) is 0 Å². The molecule has 0 radical (unpaired) electrons. The van der Waals surface area contributed by atoms with E-state index < -0.39 is 6.04 Å². The zero-order valence-electron chi connectivity index (χ0n) is 11.8. The molecule has 0 bridgehead atoms. The Morgan fingerprint density at radius 3 is 3.10 bits per heavy atom. The maximum absolute atomic E-state index is 11.8. The van der Waals surface area contributed by atoms with E-state index in [1.807, 2.05) is 42.1 Å². The lowest BCUT2D eigenvalue weighted by atomic mass is 10.2. The SMILES string of the molecule is CSCC[C@H](N)C(=O)NCc1cn2cccc(C)c2n1. The van der Waals surface area contributed by atoms with Gasteiger partial charge in [-0.25, -0.2) is 4.98 Å². The Morgan fingerprint density at radius 2 is 2.40 bits per heavy atom. The van der Waals surface area contributed by atoms with Crippen LogP contribution in [0, 0.1) is 6.92 Å². The van der Waals surface area contributed by atoms with Crippen LogP contribution < -0.4 is 11.1 Å². The van der Waals surface area contributed by atoms with Crippen molar-refractivity contribution in [2.75, 3.05) is 12.0 Å². The second-order valence-electron chi connectivity index (χ2n) is 4.76. The molecule has 20 heavy (non-hydrogen) atoms. The van der Waals surface area contributed by atoms with Crippen molar-refractivity contribution in [3.8, 4) is 0 Å². The zero-order chi connectivity index (χ0) is 14.5. The standard InChI is InChI=1S/C14H20N4OS/c1-10-4-3-6-18-9-11(17-13(10)18)8-16-14(19)12(15)5-7-20-2/h3-4,6,9,12H,5,7-8,15H2,1-2H3,(H,16,19)/t12-/m0/s1. The molecule has 0 aliphatic carbocycles. The fraction of sp³-hybridized carbons (Fsp3) is 0.429. The van der Waals surface area contributed by atoms with Gasteiger partial charge in [0.1, 0.15) is 5.65 Å². The van der Waals surface area contributed by atoms with Gasteiger partial charge >= 0.3 is 0 Å². The summed E-state index contributed by atoms with van der Waals surface area (Å²) in [6.45, 7) is 2.43. The number of fused-ring (bicyclic) bond motifs is 1. The van der Waals surface area contributed by atoms with Gasteiger partial charge in [-0.15, -0.1) is 0 Å². The number of rotatable bonds is 6. The largest absolute Gasteiger partial charge is 0.349 e. The van der Waals surface area contributed by atoms with Crippen molar-refractivity contribution in [2.45, 2.75) is 25.9 Å². The molecule has 0 aromatic carbocycles. The third kappa shape index (κ3) is 3.52. The molecular weight excluding hydrogens is 272 g/mol. The monoisotopic (exact) mass is 292 g/mol. The molecule has 0 fully saturated rings. The quantitative estimate of drug-likeness (QED) is 0.843. The van der Waals surface area contributed by atoms with Crippen LogP contribution in [0.25, 0.3) is 5.65 Å². The third-order valence-corrected chi connectivity index (χ3v) is 3.79. The highest BCUT2D eigenvalue weighted by atomic mass is 32.2. The van der Waals surface area contributed by atoms with Gasteiger partial charge in [0.15, 0.2) is 0 Å². The van der Waals surface area contributed by atoms with Crippen LogP contribution in [0.4, 0.5) is 0 Å². The molecule has 2 heterocycles. The maximum atomic E-state index is 11.8. The molecule has 3 N–H and O–H groups in total. The fourth-order valence-corrected chi connectivity index (χ4v) is 2.46. The highest BCUT2D eigenvalue weighted by molar-refractivity contribution is 7.98. The Bertz CT molecular complexity index is 596. The average Bonchev–Trinajstić information content (AvgIpc) is 2.86. The van der Waals surface area contributed by atoms with Crippen molar-refractivity contribution in [2.24, 2.45) is 5.73 Å². The zero-order valence-corrected chi connectivity index (χ0v) is 12.6. The molecule has 6 heteroatoms. The van der Waals surface area contributed by atoms with Gasteiger partial charge in [0.25, 0.3) is 0 Å². The number of carbonyl (C=O) groups excluding carboxylic acids is 1. The number of hydrogen-bond donors (Lipinski definition) is 2. The third-order valence-electron chi connectivity index (χ3n) is 3.14. The first-order valence-corrected chi connectivity index (χ1v) is 7.96. The number of hydrogen-bond acceptors (Lipinski definition) is 4. The first kappa shape index (κ1) is 14.9. The number of pyridine rings is 1. The number of aryl methyl sites for hydroxylation is 1. The molecule has 5 nitrogen and oxygen atoms in total. The predicted octanol–water partition coefficient (Wildman–Crippen LogP) is 1.34. The van der Waals surface area contributed by atoms with E-state index in [9.17, 15) is 4.79 Å². The van der Waals surface area contributed by atoms with Crippen molar-refractivity contribution in [1.29, 1.82) is 0 Å². The van der Waals surface area contributed by atoms with E-state index in [2.05, 4.69) is 10.3 Å². The van der Waals surface area contributed by atoms with Gasteiger partial charge in [-0.05, 0) is 37.0 Å². The van der Waals surface area contributed by atoms with Crippen LogP contribution in [-0.2, 0) is 11.3 Å². The molecular formula is C14H20N4OS. The van der Waals surface area contributed by atoms with Gasteiger partial charge in [-0.1, -0.05) is 6.07 Å². The summed E-state index contributed by atoms with van der Waals surface area (Å²) < 4.78 is 1.96. The molecule has 2 aromatic rings. The number of amides is 1. The van der Waals surface area contributed by atoms with Gasteiger partial charge in [0, 0.05) is 12.4 Å². The molecule has 2 rings (SSSR count). The van der Waals surface area contributed by atoms with E-state index >= 15 is 0 Å². The fourth-order valence-electron chi connectivity index (χ4n) is 1.97. The summed E-state index contributed by atoms with van der Waals surface area (Å²) in [6.07, 6.45) is 6.57. The summed E-state index contributed by atoms with van der Waals surface area (Å²) in [5.41, 5.74) is 8.69. The lowest BCUT2D eigenvalue weighted by Crippen LogP contribution is -2.40. The highest BCUT2D eigenvalue weighted by Gasteiger charge is 2.13. The van der Waals surface area contributed by atoms with Crippen molar-refractivity contribution in [3.05, 3.63) is 35.8 Å². The van der Waals surface area contributed by atoms with Crippen LogP contribution in [0.1, 0.15) is 17.7 Å². The van der Waals surface area contributed by atoms with E-state index in [0.717, 1.165) is 22.7 Å². The first-order chi connectivity index (χ1) is 9.61. The number of nitrogens with two attached hydrogens (primary N) is 1. The minimum Gasteiger partial charge on any atom is -0.349 e. The highest BCUT2D eigenvalue weighted by Crippen LogP contribution is 2.09. The number of aromatic nitrogens is 2. The Labute approximate surface area is 122 Å². The van der Waals surface area contributed by atoms with Crippen LogP contribution in [-0.4, -0.2) is 33.3 Å². The predicted molar refractivity (Wildman–Crippen MR) is 82.8 cm³/mol. The van der Waals surface area contributed by atoms with E-state index in [4.69, 9.17) is 5.73 Å². The second kappa shape index (κ2) is 6.76. The normalized spacial score (nSPS) is 12.6. The Kier molecular flexibility index (Phi) is 5.03. The van der Waals surface area contributed by atoms with Gasteiger partial charge in [0.2, 0.25) is 5.91 Å². The first-order valence-electron chi connectivity index (χ1n) is 6.57. The summed E-state index contributed by atoms with van der Waals surface area (Å²) in [6, 6.07) is 3.55. The Balaban J connectivity index is 1.95. The lowest BCUT2D eigenvalue weighted by Gasteiger charge is -2.10. The summed E-state index contributed by atoms with van der Waals surface area (Å²) in [4.78, 5) is 16.3. The molecule has 0 aliphatic rings. The molecule has 1 atom stereocenters. The van der Waals surface area contributed by atoms with Crippen LogP contribution in [0.2, 0.25) is 0 Å². The van der Waals surface area contributed by atoms with E-state index in [1.54, 1.807) is 11.8 Å². The molecule has 0 saturated carbocycles. The van der Waals surface area contributed by atoms with Gasteiger partial charge < -0.3 is 15.5 Å². The molecule has 0 unspecified atom stereocenters. The van der Waals surface area contributed by atoms with Crippen LogP contribution >= 0.6 is 11.8 Å². The average molecular weight is 292 g/mol. The van der Waals surface area contributed by atoms with Crippen LogP contribution in [0.15, 0.2) is 24.5 Å². The van der Waals surface area contributed by atoms with Crippen molar-refractivity contribution < 1.29 is 4.79 Å². The topological polar surface area (TPSA) is 72.4 Å². The summed E-state index contributed by atoms with van der Waals surface area (Å²) in [5.74, 6) is 0.773. The lowest BCUT2D eigenvalue weighted by molar-refractivity contribution is -0.122. The summed E-state index contributed by atoms with van der Waals surface area (Å²) in [5, 5.41) is 2.84. The minimum atomic E-state index is -0.443. The minimum absolute atomic E-state index is 0.118. The molecule has 2 aromatic heterocycles. The van der Waals surface area contributed by atoms with E-state index in [-0.39, 0.29) is 5.91 Å². The Hall–Kier alpha value is -1.53. The molecule has 1 amide bonds. The van der Waals surface area contributed by atoms with Gasteiger partial charge in [-0.3, -0.25) is 4.79 Å². The number of nitrogens with one attached hydrogen (secondary N) is 1. The smallest absolute Gasteiger partial charge is 0.237 e. The maximum Gasteiger partial charge on any atom is 0.237 e. The van der Waals surface area contributed by atoms with Gasteiger partial charge in [-0.2, -0.15) is 11.8 Å². The second-order valence-corrected chi connectivity index (χ2v) is 5.75. The number of carbonyl (C=O) groups is 1. The van der Waals surface area contributed by atoms with Crippen molar-refractivity contribution in [1.82, 2.24) is 14.7 Å². The summed E-state index contributed by atoms with van der Waals surface area (Å²) in [7, 11) is 0. The molecule has 0 aliphatic heterocycles. The van der Waals surface area contributed by atoms with Crippen molar-refractivity contribution in [3.63, 3.8) is 0 Å². The summed E-state index contributed by atoms with van der Waals surface area (Å²) >= 11 is 1.69. The number of thioether (sulfide) groups is 1. The van der Waals surface area contributed by atoms with Crippen LogP contribution in [0.5, 0.6) is 0 Å². The van der Waals surface area contributed by atoms with Crippen LogP contribution in [0.3, 0.4) is 0 Å².